The topological polar surface area (TPSA) is 37.3 Å². The Labute approximate surface area is 137 Å². The van der Waals surface area contributed by atoms with Crippen molar-refractivity contribution in [2.24, 2.45) is 4.99 Å². The molecular weight excluding hydrogens is 346 g/mol. The Balaban J connectivity index is 2.22. The van der Waals surface area contributed by atoms with Crippen LogP contribution in [0.15, 0.2) is 52.1 Å². The summed E-state index contributed by atoms with van der Waals surface area (Å²) in [5.41, 5.74) is 3.73. The van der Waals surface area contributed by atoms with Crippen LogP contribution in [0.5, 0.6) is 0 Å². The van der Waals surface area contributed by atoms with E-state index in [1.54, 1.807) is 6.20 Å². The van der Waals surface area contributed by atoms with E-state index in [4.69, 9.17) is 17.2 Å². The van der Waals surface area contributed by atoms with Gasteiger partial charge in [0, 0.05) is 21.9 Å². The Hall–Kier alpha value is -1.59. The van der Waals surface area contributed by atoms with Gasteiger partial charge in [0.2, 0.25) is 0 Å². The molecule has 5 heteroatoms. The zero-order valence-electron chi connectivity index (χ0n) is 11.5. The third-order valence-electron chi connectivity index (χ3n) is 3.38. The van der Waals surface area contributed by atoms with E-state index >= 15 is 0 Å². The minimum absolute atomic E-state index is 0.0248. The fraction of sp³-hybridized carbons (Fsp3) is 0.188. The lowest BCUT2D eigenvalue weighted by molar-refractivity contribution is 0.831. The number of benzodiazepines with no additional fused rings is 1. The first-order chi connectivity index (χ1) is 10.2. The van der Waals surface area contributed by atoms with Gasteiger partial charge in [-0.2, -0.15) is 0 Å². The Bertz CT molecular complexity index is 713. The van der Waals surface area contributed by atoms with Crippen LogP contribution in [0.25, 0.3) is 0 Å². The second-order valence-electron chi connectivity index (χ2n) is 4.80. The molecular formula is C16H14BrN3S. The first-order valence-corrected chi connectivity index (χ1v) is 7.99. The average molecular weight is 360 g/mol. The number of thiocarbonyl (C=S) groups is 1. The quantitative estimate of drug-likeness (QED) is 0.815. The molecule has 0 saturated carbocycles. The van der Waals surface area contributed by atoms with Crippen LogP contribution >= 0.6 is 28.1 Å². The fourth-order valence-electron chi connectivity index (χ4n) is 2.31. The highest BCUT2D eigenvalue weighted by Crippen LogP contribution is 2.27. The van der Waals surface area contributed by atoms with Gasteiger partial charge >= 0.3 is 0 Å². The predicted molar refractivity (Wildman–Crippen MR) is 94.3 cm³/mol. The van der Waals surface area contributed by atoms with Gasteiger partial charge in [-0.1, -0.05) is 41.1 Å². The van der Waals surface area contributed by atoms with Crippen molar-refractivity contribution >= 4 is 44.5 Å². The Morgan fingerprint density at radius 3 is 2.86 bits per heavy atom. The molecule has 1 unspecified atom stereocenters. The lowest BCUT2D eigenvalue weighted by Crippen LogP contribution is -2.22. The minimum Gasteiger partial charge on any atom is -0.348 e. The maximum absolute atomic E-state index is 5.47. The zero-order chi connectivity index (χ0) is 14.8. The first kappa shape index (κ1) is 14.4. The van der Waals surface area contributed by atoms with Crippen molar-refractivity contribution < 1.29 is 0 Å². The number of aromatic nitrogens is 1. The van der Waals surface area contributed by atoms with E-state index in [0.29, 0.717) is 0 Å². The lowest BCUT2D eigenvalue weighted by atomic mass is 10.0. The molecule has 1 aliphatic rings. The summed E-state index contributed by atoms with van der Waals surface area (Å²) < 4.78 is 1.01. The maximum Gasteiger partial charge on any atom is 0.105 e. The smallest absolute Gasteiger partial charge is 0.105 e. The number of halogens is 1. The molecule has 0 bridgehead atoms. The molecule has 0 spiro atoms. The average Bonchev–Trinajstić information content (AvgIpc) is 2.64. The molecule has 1 aromatic carbocycles. The normalized spacial score (nSPS) is 17.5. The van der Waals surface area contributed by atoms with E-state index < -0.39 is 0 Å². The van der Waals surface area contributed by atoms with Crippen LogP contribution in [-0.4, -0.2) is 21.7 Å². The SMILES string of the molecule is CCC1N=C(c2ccccn2)c2cc(Br)ccc2NC1=S. The second-order valence-corrected chi connectivity index (χ2v) is 6.15. The van der Waals surface area contributed by atoms with Gasteiger partial charge in [-0.3, -0.25) is 9.98 Å². The molecule has 21 heavy (non-hydrogen) atoms. The Morgan fingerprint density at radius 1 is 1.29 bits per heavy atom. The largest absolute Gasteiger partial charge is 0.348 e. The maximum atomic E-state index is 5.47. The van der Waals surface area contributed by atoms with E-state index in [-0.39, 0.29) is 6.04 Å². The molecule has 2 heterocycles. The van der Waals surface area contributed by atoms with Crippen molar-refractivity contribution in [2.75, 3.05) is 5.32 Å². The Morgan fingerprint density at radius 2 is 2.14 bits per heavy atom. The molecule has 0 fully saturated rings. The number of pyridine rings is 1. The van der Waals surface area contributed by atoms with Gasteiger partial charge in [0.25, 0.3) is 0 Å². The highest BCUT2D eigenvalue weighted by Gasteiger charge is 2.22. The number of nitrogens with zero attached hydrogens (tertiary/aromatic N) is 2. The summed E-state index contributed by atoms with van der Waals surface area (Å²) in [6.45, 7) is 2.09. The van der Waals surface area contributed by atoms with Crippen LogP contribution in [0.2, 0.25) is 0 Å². The van der Waals surface area contributed by atoms with E-state index in [2.05, 4.69) is 39.2 Å². The highest BCUT2D eigenvalue weighted by molar-refractivity contribution is 9.10. The summed E-state index contributed by atoms with van der Waals surface area (Å²) in [6, 6.07) is 11.9. The van der Waals surface area contributed by atoms with Crippen molar-refractivity contribution in [1.82, 2.24) is 4.98 Å². The molecule has 0 amide bonds. The molecule has 0 radical (unpaired) electrons. The summed E-state index contributed by atoms with van der Waals surface area (Å²) in [4.78, 5) is 10.1. The summed E-state index contributed by atoms with van der Waals surface area (Å²) in [6.07, 6.45) is 2.64. The predicted octanol–water partition coefficient (Wildman–Crippen LogP) is 4.21. The molecule has 106 valence electrons. The summed E-state index contributed by atoms with van der Waals surface area (Å²) in [7, 11) is 0. The van der Waals surface area contributed by atoms with Crippen molar-refractivity contribution in [1.29, 1.82) is 0 Å². The minimum atomic E-state index is -0.0248. The third kappa shape index (κ3) is 2.89. The van der Waals surface area contributed by atoms with Crippen molar-refractivity contribution in [3.63, 3.8) is 0 Å². The van der Waals surface area contributed by atoms with Gasteiger partial charge in [0.15, 0.2) is 0 Å². The molecule has 3 nitrogen and oxygen atoms in total. The number of aliphatic imine (C=N–C) groups is 1. The molecule has 3 rings (SSSR count). The van der Waals surface area contributed by atoms with Crippen LogP contribution in [0.4, 0.5) is 5.69 Å². The van der Waals surface area contributed by atoms with Crippen LogP contribution in [0.1, 0.15) is 24.6 Å². The van der Waals surface area contributed by atoms with Gasteiger partial charge in [-0.15, -0.1) is 0 Å². The van der Waals surface area contributed by atoms with Gasteiger partial charge in [-0.25, -0.2) is 0 Å². The number of nitrogens with one attached hydrogen (secondary N) is 1. The molecule has 2 aromatic rings. The van der Waals surface area contributed by atoms with Gasteiger partial charge in [0.1, 0.15) is 11.0 Å². The van der Waals surface area contributed by atoms with Crippen LogP contribution in [0, 0.1) is 0 Å². The standard InChI is InChI=1S/C16H14BrN3S/c1-2-12-16(21)20-13-7-6-10(17)9-11(13)15(19-12)14-5-3-4-8-18-14/h3-9,12H,2H2,1H3,(H,20,21). The number of hydrogen-bond donors (Lipinski definition) is 1. The van der Waals surface area contributed by atoms with Crippen molar-refractivity contribution in [3.8, 4) is 0 Å². The molecule has 1 N–H and O–H groups in total. The number of fused-ring (bicyclic) bond motifs is 1. The molecule has 0 aliphatic carbocycles. The molecule has 1 aliphatic heterocycles. The third-order valence-corrected chi connectivity index (χ3v) is 4.24. The summed E-state index contributed by atoms with van der Waals surface area (Å²) in [5.74, 6) is 0. The van der Waals surface area contributed by atoms with E-state index in [1.807, 2.05) is 30.3 Å². The molecule has 1 aromatic heterocycles. The van der Waals surface area contributed by atoms with Crippen LogP contribution in [0.3, 0.4) is 0 Å². The second kappa shape index (κ2) is 6.03. The molecule has 1 atom stereocenters. The Kier molecular flexibility index (Phi) is 4.12. The van der Waals surface area contributed by atoms with E-state index in [0.717, 1.165) is 38.5 Å². The monoisotopic (exact) mass is 359 g/mol. The van der Waals surface area contributed by atoms with Crippen LogP contribution in [-0.2, 0) is 0 Å². The van der Waals surface area contributed by atoms with Crippen molar-refractivity contribution in [2.45, 2.75) is 19.4 Å². The first-order valence-electron chi connectivity index (χ1n) is 6.79. The lowest BCUT2D eigenvalue weighted by Gasteiger charge is -2.11. The number of anilines is 1. The van der Waals surface area contributed by atoms with E-state index in [9.17, 15) is 0 Å². The van der Waals surface area contributed by atoms with E-state index in [1.165, 1.54) is 0 Å². The van der Waals surface area contributed by atoms with Crippen molar-refractivity contribution in [3.05, 3.63) is 58.3 Å². The number of hydrogen-bond acceptors (Lipinski definition) is 3. The van der Waals surface area contributed by atoms with Gasteiger partial charge < -0.3 is 5.32 Å². The van der Waals surface area contributed by atoms with Gasteiger partial charge in [-0.05, 0) is 36.8 Å². The summed E-state index contributed by atoms with van der Waals surface area (Å²) in [5, 5.41) is 3.32. The van der Waals surface area contributed by atoms with Crippen LogP contribution < -0.4 is 5.32 Å². The highest BCUT2D eigenvalue weighted by atomic mass is 79.9. The zero-order valence-corrected chi connectivity index (χ0v) is 13.9. The number of rotatable bonds is 2. The number of benzene rings is 1. The molecule has 0 saturated heterocycles. The van der Waals surface area contributed by atoms with Gasteiger partial charge in [0.05, 0.1) is 11.4 Å². The fourth-order valence-corrected chi connectivity index (χ4v) is 3.00. The summed E-state index contributed by atoms with van der Waals surface area (Å²) >= 11 is 9.00.